The fourth-order valence-electron chi connectivity index (χ4n) is 4.73. The molecule has 0 unspecified atom stereocenters. The molecule has 0 saturated carbocycles. The van der Waals surface area contributed by atoms with E-state index in [-0.39, 0.29) is 6.42 Å². The highest BCUT2D eigenvalue weighted by Gasteiger charge is 2.18. The first-order valence-electron chi connectivity index (χ1n) is 14.0. The summed E-state index contributed by atoms with van der Waals surface area (Å²) in [5.41, 5.74) is 12.7. The highest BCUT2D eigenvalue weighted by atomic mass is 16.5. The van der Waals surface area contributed by atoms with Crippen molar-refractivity contribution < 1.29 is 19.4 Å². The zero-order chi connectivity index (χ0) is 29.9. The van der Waals surface area contributed by atoms with Crippen molar-refractivity contribution in [2.75, 3.05) is 6.54 Å². The van der Waals surface area contributed by atoms with Gasteiger partial charge in [-0.15, -0.1) is 0 Å². The topological polar surface area (TPSA) is 109 Å². The number of para-hydroxylation sites is 1. The quantitative estimate of drug-likeness (QED) is 0.190. The number of ether oxygens (including phenoxy) is 2. The Morgan fingerprint density at radius 3 is 2.02 bits per heavy atom. The Bertz CT molecular complexity index is 1550. The van der Waals surface area contributed by atoms with Crippen molar-refractivity contribution in [3.05, 3.63) is 130 Å². The van der Waals surface area contributed by atoms with Gasteiger partial charge in [0, 0.05) is 30.8 Å². The number of nitrogens with zero attached hydrogens (tertiary/aromatic N) is 2. The van der Waals surface area contributed by atoms with Crippen LogP contribution in [-0.2, 0) is 31.1 Å². The van der Waals surface area contributed by atoms with E-state index in [2.05, 4.69) is 36.1 Å². The van der Waals surface area contributed by atoms with Crippen molar-refractivity contribution in [3.8, 4) is 17.6 Å². The summed E-state index contributed by atoms with van der Waals surface area (Å²) in [6.45, 7) is 6.31. The second-order valence-corrected chi connectivity index (χ2v) is 10.5. The Labute approximate surface area is 247 Å². The van der Waals surface area contributed by atoms with Gasteiger partial charge in [-0.1, -0.05) is 83.9 Å². The molecule has 0 aliphatic heterocycles. The van der Waals surface area contributed by atoms with Crippen molar-refractivity contribution >= 4 is 5.97 Å². The first kappa shape index (κ1) is 30.3. The zero-order valence-electron chi connectivity index (χ0n) is 24.1. The van der Waals surface area contributed by atoms with Crippen LogP contribution in [0, 0.1) is 25.2 Å². The molecule has 4 rings (SSSR count). The Balaban J connectivity index is 1.56. The Morgan fingerprint density at radius 1 is 0.833 bits per heavy atom. The number of nitrogens with two attached hydrogens (primary N) is 1. The third-order valence-electron chi connectivity index (χ3n) is 6.98. The summed E-state index contributed by atoms with van der Waals surface area (Å²) in [5, 5.41) is 18.9. The molecule has 0 bridgehead atoms. The molecule has 0 aliphatic carbocycles. The summed E-state index contributed by atoms with van der Waals surface area (Å²) >= 11 is 0. The van der Waals surface area contributed by atoms with Crippen LogP contribution in [-0.4, -0.2) is 28.6 Å². The molecule has 42 heavy (non-hydrogen) atoms. The van der Waals surface area contributed by atoms with E-state index in [9.17, 15) is 15.2 Å². The molecule has 0 aliphatic rings. The van der Waals surface area contributed by atoms with Crippen molar-refractivity contribution in [3.63, 3.8) is 0 Å². The fraction of sp³-hybridized carbons (Fsp3) is 0.257. The van der Waals surface area contributed by atoms with E-state index >= 15 is 0 Å². The lowest BCUT2D eigenvalue weighted by atomic mass is 10.1. The van der Waals surface area contributed by atoms with Gasteiger partial charge in [-0.2, -0.15) is 5.26 Å². The highest BCUT2D eigenvalue weighted by molar-refractivity contribution is 5.73. The highest BCUT2D eigenvalue weighted by Crippen LogP contribution is 2.27. The minimum Gasteiger partial charge on any atom is -0.489 e. The van der Waals surface area contributed by atoms with Gasteiger partial charge in [0.25, 0.3) is 0 Å². The maximum Gasteiger partial charge on any atom is 0.320 e. The van der Waals surface area contributed by atoms with Gasteiger partial charge in [-0.05, 0) is 49.6 Å². The van der Waals surface area contributed by atoms with Gasteiger partial charge >= 0.3 is 5.97 Å². The van der Waals surface area contributed by atoms with Crippen LogP contribution < -0.4 is 15.2 Å². The number of aliphatic carboxylic acids is 1. The van der Waals surface area contributed by atoms with Crippen LogP contribution in [0.4, 0.5) is 0 Å². The van der Waals surface area contributed by atoms with Crippen molar-refractivity contribution in [1.29, 1.82) is 5.26 Å². The van der Waals surface area contributed by atoms with E-state index < -0.39 is 12.0 Å². The Morgan fingerprint density at radius 2 is 1.43 bits per heavy atom. The monoisotopic (exact) mass is 563 g/mol. The average molecular weight is 564 g/mol. The number of carboxylic acids is 1. The minimum absolute atomic E-state index is 0.275. The second kappa shape index (κ2) is 14.8. The van der Waals surface area contributed by atoms with E-state index in [4.69, 9.17) is 15.2 Å². The molecule has 7 nitrogen and oxygen atoms in total. The summed E-state index contributed by atoms with van der Waals surface area (Å²) in [7, 11) is 0. The van der Waals surface area contributed by atoms with Crippen LogP contribution in [0.3, 0.4) is 0 Å². The Hall–Kier alpha value is -4.64. The molecule has 216 valence electrons. The number of hydrogen-bond acceptors (Lipinski definition) is 6. The van der Waals surface area contributed by atoms with Crippen LogP contribution in [0.25, 0.3) is 0 Å². The van der Waals surface area contributed by atoms with Gasteiger partial charge in [-0.3, -0.25) is 9.69 Å². The van der Waals surface area contributed by atoms with Crippen molar-refractivity contribution in [2.45, 2.75) is 52.6 Å². The molecule has 4 aromatic rings. The lowest BCUT2D eigenvalue weighted by Gasteiger charge is -2.26. The molecule has 0 saturated heterocycles. The van der Waals surface area contributed by atoms with E-state index in [1.807, 2.05) is 67.6 Å². The maximum atomic E-state index is 11.5. The van der Waals surface area contributed by atoms with Crippen LogP contribution in [0.15, 0.2) is 91.0 Å². The smallest absolute Gasteiger partial charge is 0.320 e. The van der Waals surface area contributed by atoms with Gasteiger partial charge in [-0.25, -0.2) is 0 Å². The van der Waals surface area contributed by atoms with E-state index in [1.165, 1.54) is 5.56 Å². The fourth-order valence-corrected chi connectivity index (χ4v) is 4.73. The van der Waals surface area contributed by atoms with E-state index in [1.54, 1.807) is 12.1 Å². The molecule has 0 fully saturated rings. The molecule has 1 atom stereocenters. The molecule has 3 N–H and O–H groups in total. The van der Waals surface area contributed by atoms with Crippen molar-refractivity contribution in [1.82, 2.24) is 4.90 Å². The van der Waals surface area contributed by atoms with Crippen LogP contribution >= 0.6 is 0 Å². The number of hydrogen-bond donors (Lipinski definition) is 2. The maximum absolute atomic E-state index is 11.5. The molecule has 4 aromatic carbocycles. The number of benzene rings is 4. The van der Waals surface area contributed by atoms with Crippen LogP contribution in [0.2, 0.25) is 0 Å². The van der Waals surface area contributed by atoms with Crippen molar-refractivity contribution in [2.24, 2.45) is 5.73 Å². The summed E-state index contributed by atoms with van der Waals surface area (Å²) in [6.07, 6.45) is 0.275. The third-order valence-corrected chi connectivity index (χ3v) is 6.98. The van der Waals surface area contributed by atoms with Gasteiger partial charge in [0.15, 0.2) is 0 Å². The third kappa shape index (κ3) is 8.93. The first-order chi connectivity index (χ1) is 20.3. The van der Waals surface area contributed by atoms with Crippen LogP contribution in [0.1, 0.15) is 45.4 Å². The summed E-state index contributed by atoms with van der Waals surface area (Å²) in [6, 6.07) is 30.8. The lowest BCUT2D eigenvalue weighted by molar-refractivity contribution is -0.138. The molecule has 0 aromatic heterocycles. The minimum atomic E-state index is -1.03. The number of carbonyl (C=O) groups is 1. The van der Waals surface area contributed by atoms with Gasteiger partial charge < -0.3 is 20.3 Å². The number of carboxylic acid groups (broad SMARTS) is 1. The Kier molecular flexibility index (Phi) is 10.7. The van der Waals surface area contributed by atoms with Gasteiger partial charge in [0.1, 0.15) is 30.8 Å². The normalized spacial score (nSPS) is 11.6. The number of rotatable bonds is 14. The molecular formula is C35H37N3O4. The standard InChI is InChI=1S/C35H37N3O4/c1-25-7-5-9-28(17-25)23-41-33-12-4-3-11-30(33)21-38(16-15-32(37)35(39)40)22-31-14-13-27(20-36)19-34(31)42-24-29-10-6-8-26(2)18-29/h3-14,17-19,32H,15-16,21-24,37H2,1-2H3,(H,39,40)/t32-/m0/s1. The molecule has 0 heterocycles. The van der Waals surface area contributed by atoms with Gasteiger partial charge in [0.05, 0.1) is 11.6 Å². The molecule has 7 heteroatoms. The molecular weight excluding hydrogens is 526 g/mol. The molecule has 0 amide bonds. The second-order valence-electron chi connectivity index (χ2n) is 10.5. The van der Waals surface area contributed by atoms with Crippen LogP contribution in [0.5, 0.6) is 11.5 Å². The molecule has 0 radical (unpaired) electrons. The number of aryl methyl sites for hydroxylation is 2. The van der Waals surface area contributed by atoms with E-state index in [0.29, 0.717) is 44.2 Å². The van der Waals surface area contributed by atoms with Gasteiger partial charge in [0.2, 0.25) is 0 Å². The lowest BCUT2D eigenvalue weighted by Crippen LogP contribution is -2.35. The predicted octanol–water partition coefficient (Wildman–Crippen LogP) is 6.14. The summed E-state index contributed by atoms with van der Waals surface area (Å²) in [5.74, 6) is 0.353. The zero-order valence-corrected chi connectivity index (χ0v) is 24.1. The summed E-state index contributed by atoms with van der Waals surface area (Å²) < 4.78 is 12.5. The average Bonchev–Trinajstić information content (AvgIpc) is 2.98. The largest absolute Gasteiger partial charge is 0.489 e. The summed E-state index contributed by atoms with van der Waals surface area (Å²) in [4.78, 5) is 13.6. The predicted molar refractivity (Wildman–Crippen MR) is 163 cm³/mol. The molecule has 0 spiro atoms. The SMILES string of the molecule is Cc1cccc(COc2ccccc2CN(CC[C@H](N)C(=O)O)Cc2ccc(C#N)cc2OCc2cccc(C)c2)c1. The first-order valence-corrected chi connectivity index (χ1v) is 14.0. The van der Waals surface area contributed by atoms with E-state index in [0.717, 1.165) is 33.6 Å². The number of nitriles is 1.